The Balaban J connectivity index is 1.86. The smallest absolute Gasteiger partial charge is 0.123 e. The number of halogens is 1. The van der Waals surface area contributed by atoms with Crippen molar-refractivity contribution >= 4 is 33.3 Å². The third-order valence-corrected chi connectivity index (χ3v) is 4.90. The number of nitrogens with zero attached hydrogens (tertiary/aromatic N) is 2. The third-order valence-electron chi connectivity index (χ3n) is 2.82. The van der Waals surface area contributed by atoms with E-state index in [9.17, 15) is 4.39 Å². The number of thiophene rings is 1. The second kappa shape index (κ2) is 5.76. The first-order chi connectivity index (χ1) is 9.78. The van der Waals surface area contributed by atoms with Crippen molar-refractivity contribution in [2.45, 2.75) is 10.8 Å². The van der Waals surface area contributed by atoms with Crippen molar-refractivity contribution in [2.24, 2.45) is 0 Å². The fourth-order valence-corrected chi connectivity index (χ4v) is 3.80. The van der Waals surface area contributed by atoms with Gasteiger partial charge in [-0.25, -0.2) is 14.4 Å². The lowest BCUT2D eigenvalue weighted by molar-refractivity contribution is 0.410. The summed E-state index contributed by atoms with van der Waals surface area (Å²) in [5.74, 6) is 1.03. The number of hydrogen-bond acceptors (Lipinski definition) is 5. The number of methoxy groups -OCH3 is 1. The Hall–Kier alpha value is -1.66. The lowest BCUT2D eigenvalue weighted by atomic mass is 10.2. The van der Waals surface area contributed by atoms with Crippen LogP contribution in [0, 0.1) is 5.82 Å². The fourth-order valence-electron chi connectivity index (χ4n) is 1.88. The van der Waals surface area contributed by atoms with Crippen LogP contribution in [0.15, 0.2) is 41.0 Å². The zero-order valence-electron chi connectivity index (χ0n) is 10.7. The first kappa shape index (κ1) is 13.3. The van der Waals surface area contributed by atoms with Gasteiger partial charge in [-0.05, 0) is 29.6 Å². The summed E-state index contributed by atoms with van der Waals surface area (Å²) in [6.45, 7) is 0. The number of fused-ring (bicyclic) bond motifs is 1. The highest BCUT2D eigenvalue weighted by atomic mass is 32.2. The predicted octanol–water partition coefficient (Wildman–Crippen LogP) is 4.13. The molecule has 0 aliphatic heterocycles. The molecule has 0 saturated carbocycles. The Morgan fingerprint density at radius 2 is 2.20 bits per heavy atom. The van der Waals surface area contributed by atoms with Gasteiger partial charge >= 0.3 is 0 Å². The number of ether oxygens (including phenoxy) is 1. The third kappa shape index (κ3) is 2.62. The molecule has 3 rings (SSSR count). The summed E-state index contributed by atoms with van der Waals surface area (Å²) in [5, 5.41) is 2.91. The van der Waals surface area contributed by atoms with Gasteiger partial charge in [0, 0.05) is 11.3 Å². The summed E-state index contributed by atoms with van der Waals surface area (Å²) in [6.07, 6.45) is 1.56. The summed E-state index contributed by atoms with van der Waals surface area (Å²) in [6, 6.07) is 6.51. The zero-order valence-corrected chi connectivity index (χ0v) is 12.3. The minimum absolute atomic E-state index is 0.259. The van der Waals surface area contributed by atoms with Crippen LogP contribution in [0.25, 0.3) is 10.2 Å². The van der Waals surface area contributed by atoms with Crippen molar-refractivity contribution in [1.29, 1.82) is 0 Å². The maximum absolute atomic E-state index is 13.3. The van der Waals surface area contributed by atoms with Crippen molar-refractivity contribution in [3.05, 3.63) is 47.4 Å². The van der Waals surface area contributed by atoms with Gasteiger partial charge in [-0.1, -0.05) is 11.8 Å². The average molecular weight is 306 g/mol. The van der Waals surface area contributed by atoms with Crippen LogP contribution >= 0.6 is 23.1 Å². The molecular formula is C14H11FN2OS2. The van der Waals surface area contributed by atoms with Gasteiger partial charge in [0.15, 0.2) is 0 Å². The molecule has 0 atom stereocenters. The van der Waals surface area contributed by atoms with Crippen LogP contribution in [0.3, 0.4) is 0 Å². The van der Waals surface area contributed by atoms with Gasteiger partial charge in [0.1, 0.15) is 22.9 Å². The molecule has 6 heteroatoms. The highest BCUT2D eigenvalue weighted by Crippen LogP contribution is 2.33. The molecule has 0 saturated heterocycles. The molecule has 0 bridgehead atoms. The molecule has 20 heavy (non-hydrogen) atoms. The molecule has 0 unspecified atom stereocenters. The van der Waals surface area contributed by atoms with Crippen LogP contribution in [-0.2, 0) is 5.75 Å². The van der Waals surface area contributed by atoms with Crippen molar-refractivity contribution in [3.63, 3.8) is 0 Å². The van der Waals surface area contributed by atoms with Crippen LogP contribution in [0.2, 0.25) is 0 Å². The highest BCUT2D eigenvalue weighted by molar-refractivity contribution is 7.98. The van der Waals surface area contributed by atoms with Crippen LogP contribution in [0.1, 0.15) is 5.56 Å². The van der Waals surface area contributed by atoms with Crippen LogP contribution in [-0.4, -0.2) is 17.1 Å². The van der Waals surface area contributed by atoms with Crippen molar-refractivity contribution < 1.29 is 9.13 Å². The van der Waals surface area contributed by atoms with Crippen LogP contribution in [0.4, 0.5) is 4.39 Å². The SMILES string of the molecule is COc1ccc(F)cc1CSc1ncnc2ccsc12. The number of thioether (sulfide) groups is 1. The van der Waals surface area contributed by atoms with Gasteiger partial charge < -0.3 is 4.74 Å². The number of benzene rings is 1. The van der Waals surface area contributed by atoms with E-state index in [-0.39, 0.29) is 5.82 Å². The monoisotopic (exact) mass is 306 g/mol. The normalized spacial score (nSPS) is 10.9. The lowest BCUT2D eigenvalue weighted by Gasteiger charge is -2.08. The van der Waals surface area contributed by atoms with Gasteiger partial charge in [0.25, 0.3) is 0 Å². The second-order valence-electron chi connectivity index (χ2n) is 4.06. The summed E-state index contributed by atoms with van der Waals surface area (Å²) >= 11 is 3.17. The Morgan fingerprint density at radius 1 is 1.30 bits per heavy atom. The van der Waals surface area contributed by atoms with E-state index in [0.717, 1.165) is 20.8 Å². The number of rotatable bonds is 4. The van der Waals surface area contributed by atoms with Gasteiger partial charge in [-0.2, -0.15) is 0 Å². The fraction of sp³-hybridized carbons (Fsp3) is 0.143. The average Bonchev–Trinajstić information content (AvgIpc) is 2.94. The van der Waals surface area contributed by atoms with Crippen LogP contribution in [0.5, 0.6) is 5.75 Å². The predicted molar refractivity (Wildman–Crippen MR) is 79.9 cm³/mol. The van der Waals surface area contributed by atoms with E-state index in [4.69, 9.17) is 4.74 Å². The largest absolute Gasteiger partial charge is 0.496 e. The summed E-state index contributed by atoms with van der Waals surface area (Å²) in [5.41, 5.74) is 1.76. The minimum Gasteiger partial charge on any atom is -0.496 e. The zero-order chi connectivity index (χ0) is 13.9. The Bertz CT molecular complexity index is 745. The molecule has 102 valence electrons. The van der Waals surface area contributed by atoms with E-state index in [1.165, 1.54) is 12.1 Å². The van der Waals surface area contributed by atoms with Gasteiger partial charge in [-0.15, -0.1) is 11.3 Å². The molecule has 1 aromatic carbocycles. The van der Waals surface area contributed by atoms with E-state index in [2.05, 4.69) is 9.97 Å². The minimum atomic E-state index is -0.259. The van der Waals surface area contributed by atoms with E-state index in [0.29, 0.717) is 11.5 Å². The van der Waals surface area contributed by atoms with E-state index < -0.39 is 0 Å². The molecule has 0 aliphatic carbocycles. The molecule has 0 N–H and O–H groups in total. The number of aromatic nitrogens is 2. The molecule has 2 aromatic heterocycles. The quantitative estimate of drug-likeness (QED) is 0.536. The van der Waals surface area contributed by atoms with Gasteiger partial charge in [0.05, 0.1) is 17.3 Å². The van der Waals surface area contributed by atoms with Gasteiger partial charge in [-0.3, -0.25) is 0 Å². The molecule has 0 aliphatic rings. The molecule has 0 radical (unpaired) electrons. The van der Waals surface area contributed by atoms with Crippen molar-refractivity contribution in [3.8, 4) is 5.75 Å². The van der Waals surface area contributed by atoms with Crippen molar-refractivity contribution in [2.75, 3.05) is 7.11 Å². The summed E-state index contributed by atoms with van der Waals surface area (Å²) < 4.78 is 19.6. The topological polar surface area (TPSA) is 35.0 Å². The lowest BCUT2D eigenvalue weighted by Crippen LogP contribution is -1.92. The second-order valence-corrected chi connectivity index (χ2v) is 5.94. The molecule has 3 nitrogen and oxygen atoms in total. The molecule has 3 aromatic rings. The maximum Gasteiger partial charge on any atom is 0.123 e. The first-order valence-electron chi connectivity index (χ1n) is 5.91. The first-order valence-corrected chi connectivity index (χ1v) is 7.78. The van der Waals surface area contributed by atoms with Crippen LogP contribution < -0.4 is 4.74 Å². The highest BCUT2D eigenvalue weighted by Gasteiger charge is 2.09. The van der Waals surface area contributed by atoms with Crippen molar-refractivity contribution in [1.82, 2.24) is 9.97 Å². The molecule has 2 heterocycles. The molecule has 0 amide bonds. The number of hydrogen-bond donors (Lipinski definition) is 0. The Kier molecular flexibility index (Phi) is 3.84. The van der Waals surface area contributed by atoms with E-state index in [1.54, 1.807) is 42.6 Å². The standard InChI is InChI=1S/C14H11FN2OS2/c1-18-12-3-2-10(15)6-9(12)7-20-14-13-11(4-5-19-13)16-8-17-14/h2-6,8H,7H2,1H3. The van der Waals surface area contributed by atoms with Gasteiger partial charge in [0.2, 0.25) is 0 Å². The summed E-state index contributed by atoms with van der Waals surface area (Å²) in [4.78, 5) is 8.51. The molecule has 0 fully saturated rings. The van der Waals surface area contributed by atoms with E-state index in [1.807, 2.05) is 11.4 Å². The Labute approximate surface area is 123 Å². The Morgan fingerprint density at radius 3 is 3.05 bits per heavy atom. The summed E-state index contributed by atoms with van der Waals surface area (Å²) in [7, 11) is 1.59. The molecular weight excluding hydrogens is 295 g/mol. The maximum atomic E-state index is 13.3. The molecule has 0 spiro atoms. The van der Waals surface area contributed by atoms with E-state index >= 15 is 0 Å².